The van der Waals surface area contributed by atoms with E-state index in [1.54, 1.807) is 0 Å². The Labute approximate surface area is 147 Å². The lowest BCUT2D eigenvalue weighted by Gasteiger charge is -2.37. The molecule has 2 nitrogen and oxygen atoms in total. The van der Waals surface area contributed by atoms with Crippen molar-refractivity contribution in [3.63, 3.8) is 0 Å². The molecule has 1 heterocycles. The first-order chi connectivity index (χ1) is 11.8. The average Bonchev–Trinajstić information content (AvgIpc) is 2.63. The van der Waals surface area contributed by atoms with E-state index in [0.29, 0.717) is 0 Å². The predicted octanol–water partition coefficient (Wildman–Crippen LogP) is 5.05. The van der Waals surface area contributed by atoms with Gasteiger partial charge in [-0.05, 0) is 49.6 Å². The number of benzene rings is 2. The van der Waals surface area contributed by atoms with Gasteiger partial charge in [0.1, 0.15) is 0 Å². The minimum Gasteiger partial charge on any atom is -0.368 e. The van der Waals surface area contributed by atoms with Crippen LogP contribution >= 0.6 is 0 Å². The summed E-state index contributed by atoms with van der Waals surface area (Å²) >= 11 is 0. The van der Waals surface area contributed by atoms with Crippen LogP contribution in [-0.2, 0) is 6.42 Å². The first kappa shape index (κ1) is 16.9. The first-order valence-corrected chi connectivity index (χ1v) is 9.42. The number of hydrogen-bond donors (Lipinski definition) is 0. The van der Waals surface area contributed by atoms with Crippen LogP contribution in [0.3, 0.4) is 0 Å². The third-order valence-electron chi connectivity index (χ3n) is 5.05. The van der Waals surface area contributed by atoms with Gasteiger partial charge >= 0.3 is 0 Å². The van der Waals surface area contributed by atoms with E-state index in [1.165, 1.54) is 48.2 Å². The van der Waals surface area contributed by atoms with E-state index in [0.717, 1.165) is 26.2 Å². The van der Waals surface area contributed by atoms with Gasteiger partial charge in [0.15, 0.2) is 0 Å². The van der Waals surface area contributed by atoms with Crippen molar-refractivity contribution >= 4 is 11.4 Å². The minimum absolute atomic E-state index is 1.10. The van der Waals surface area contributed by atoms with Gasteiger partial charge in [-0.15, -0.1) is 0 Å². The van der Waals surface area contributed by atoms with Gasteiger partial charge in [-0.25, -0.2) is 0 Å². The summed E-state index contributed by atoms with van der Waals surface area (Å²) in [6.45, 7) is 8.81. The lowest BCUT2D eigenvalue weighted by Crippen LogP contribution is -2.46. The third-order valence-corrected chi connectivity index (χ3v) is 5.05. The fourth-order valence-corrected chi connectivity index (χ4v) is 3.43. The highest BCUT2D eigenvalue weighted by molar-refractivity contribution is 5.52. The molecule has 128 valence electrons. The molecule has 0 radical (unpaired) electrons. The van der Waals surface area contributed by atoms with Gasteiger partial charge in [0, 0.05) is 37.6 Å². The van der Waals surface area contributed by atoms with Gasteiger partial charge < -0.3 is 9.80 Å². The Balaban J connectivity index is 1.53. The molecule has 0 spiro atoms. The molecule has 0 atom stereocenters. The van der Waals surface area contributed by atoms with Crippen molar-refractivity contribution < 1.29 is 0 Å². The lowest BCUT2D eigenvalue weighted by atomic mass is 10.1. The Hall–Kier alpha value is -1.96. The van der Waals surface area contributed by atoms with Gasteiger partial charge in [-0.3, -0.25) is 0 Å². The zero-order valence-corrected chi connectivity index (χ0v) is 15.2. The molecule has 3 rings (SSSR count). The summed E-state index contributed by atoms with van der Waals surface area (Å²) in [5.74, 6) is 0. The van der Waals surface area contributed by atoms with E-state index in [4.69, 9.17) is 0 Å². The molecule has 1 aliphatic heterocycles. The minimum atomic E-state index is 1.10. The van der Waals surface area contributed by atoms with Crippen LogP contribution in [0.1, 0.15) is 37.3 Å². The van der Waals surface area contributed by atoms with Crippen LogP contribution in [0.25, 0.3) is 0 Å². The molecule has 0 saturated carbocycles. The molecule has 24 heavy (non-hydrogen) atoms. The number of rotatable bonds is 6. The summed E-state index contributed by atoms with van der Waals surface area (Å²) in [6.07, 6.45) is 5.16. The van der Waals surface area contributed by atoms with Gasteiger partial charge in [0.25, 0.3) is 0 Å². The highest BCUT2D eigenvalue weighted by Crippen LogP contribution is 2.21. The maximum absolute atomic E-state index is 2.51. The van der Waals surface area contributed by atoms with Crippen molar-refractivity contribution in [2.45, 2.75) is 39.5 Å². The molecule has 0 bridgehead atoms. The molecule has 1 saturated heterocycles. The van der Waals surface area contributed by atoms with Crippen molar-refractivity contribution in [3.05, 3.63) is 59.7 Å². The first-order valence-electron chi connectivity index (χ1n) is 9.42. The second kappa shape index (κ2) is 8.23. The number of hydrogen-bond acceptors (Lipinski definition) is 2. The zero-order chi connectivity index (χ0) is 16.8. The van der Waals surface area contributed by atoms with E-state index in [9.17, 15) is 0 Å². The van der Waals surface area contributed by atoms with Crippen LogP contribution in [-0.4, -0.2) is 26.2 Å². The fourth-order valence-electron chi connectivity index (χ4n) is 3.43. The Kier molecular flexibility index (Phi) is 5.79. The molecule has 0 aliphatic carbocycles. The second-order valence-corrected chi connectivity index (χ2v) is 6.93. The lowest BCUT2D eigenvalue weighted by molar-refractivity contribution is 0.653. The molecule has 2 aromatic carbocycles. The Morgan fingerprint density at radius 1 is 0.708 bits per heavy atom. The molecule has 1 fully saturated rings. The summed E-state index contributed by atoms with van der Waals surface area (Å²) in [5.41, 5.74) is 5.53. The number of piperazine rings is 1. The molecule has 0 N–H and O–H groups in total. The number of aryl methyl sites for hydroxylation is 2. The van der Waals surface area contributed by atoms with E-state index in [2.05, 4.69) is 72.2 Å². The standard InChI is InChI=1S/C22H30N2/c1-3-4-5-6-20-9-13-22(14-10-20)24-17-15-23(16-18-24)21-11-7-19(2)8-12-21/h7-14H,3-6,15-18H2,1-2H3. The molecular weight excluding hydrogens is 292 g/mol. The van der Waals surface area contributed by atoms with Crippen molar-refractivity contribution in [2.24, 2.45) is 0 Å². The average molecular weight is 322 g/mol. The Bertz CT molecular complexity index is 607. The van der Waals surface area contributed by atoms with E-state index in [1.807, 2.05) is 0 Å². The third kappa shape index (κ3) is 4.31. The van der Waals surface area contributed by atoms with Gasteiger partial charge in [0.2, 0.25) is 0 Å². The summed E-state index contributed by atoms with van der Waals surface area (Å²) in [5, 5.41) is 0. The Morgan fingerprint density at radius 3 is 1.71 bits per heavy atom. The van der Waals surface area contributed by atoms with Gasteiger partial charge in [0.05, 0.1) is 0 Å². The molecule has 0 amide bonds. The molecule has 2 heteroatoms. The molecule has 1 aliphatic rings. The predicted molar refractivity (Wildman–Crippen MR) is 105 cm³/mol. The van der Waals surface area contributed by atoms with Crippen molar-refractivity contribution in [1.29, 1.82) is 0 Å². The van der Waals surface area contributed by atoms with E-state index >= 15 is 0 Å². The zero-order valence-electron chi connectivity index (χ0n) is 15.2. The van der Waals surface area contributed by atoms with Gasteiger partial charge in [-0.2, -0.15) is 0 Å². The van der Waals surface area contributed by atoms with Gasteiger partial charge in [-0.1, -0.05) is 49.6 Å². The van der Waals surface area contributed by atoms with Crippen molar-refractivity contribution in [1.82, 2.24) is 0 Å². The van der Waals surface area contributed by atoms with Crippen LogP contribution in [0.2, 0.25) is 0 Å². The van der Waals surface area contributed by atoms with Crippen LogP contribution in [0.15, 0.2) is 48.5 Å². The highest BCUT2D eigenvalue weighted by atomic mass is 15.3. The number of nitrogens with zero attached hydrogens (tertiary/aromatic N) is 2. The molecule has 2 aromatic rings. The molecular formula is C22H30N2. The fraction of sp³-hybridized carbons (Fsp3) is 0.455. The van der Waals surface area contributed by atoms with E-state index in [-0.39, 0.29) is 0 Å². The number of anilines is 2. The summed E-state index contributed by atoms with van der Waals surface area (Å²) in [4.78, 5) is 5.01. The second-order valence-electron chi connectivity index (χ2n) is 6.93. The molecule has 0 unspecified atom stereocenters. The molecule has 0 aromatic heterocycles. The maximum atomic E-state index is 2.51. The van der Waals surface area contributed by atoms with Crippen LogP contribution < -0.4 is 9.80 Å². The normalized spacial score (nSPS) is 14.9. The summed E-state index contributed by atoms with van der Waals surface area (Å²) in [7, 11) is 0. The quantitative estimate of drug-likeness (QED) is 0.686. The maximum Gasteiger partial charge on any atom is 0.0367 e. The van der Waals surface area contributed by atoms with Crippen LogP contribution in [0.4, 0.5) is 11.4 Å². The summed E-state index contributed by atoms with van der Waals surface area (Å²) in [6, 6.07) is 18.2. The monoisotopic (exact) mass is 322 g/mol. The topological polar surface area (TPSA) is 6.48 Å². The van der Waals surface area contributed by atoms with Crippen LogP contribution in [0, 0.1) is 6.92 Å². The Morgan fingerprint density at radius 2 is 1.21 bits per heavy atom. The van der Waals surface area contributed by atoms with Crippen molar-refractivity contribution in [3.8, 4) is 0 Å². The van der Waals surface area contributed by atoms with Crippen molar-refractivity contribution in [2.75, 3.05) is 36.0 Å². The number of unbranched alkanes of at least 4 members (excludes halogenated alkanes) is 2. The smallest absolute Gasteiger partial charge is 0.0367 e. The van der Waals surface area contributed by atoms with Crippen LogP contribution in [0.5, 0.6) is 0 Å². The largest absolute Gasteiger partial charge is 0.368 e. The van der Waals surface area contributed by atoms with E-state index < -0.39 is 0 Å². The SMILES string of the molecule is CCCCCc1ccc(N2CCN(c3ccc(C)cc3)CC2)cc1. The highest BCUT2D eigenvalue weighted by Gasteiger charge is 2.17. The summed E-state index contributed by atoms with van der Waals surface area (Å²) < 4.78 is 0.